The van der Waals surface area contributed by atoms with Crippen molar-refractivity contribution in [2.75, 3.05) is 5.32 Å². The van der Waals surface area contributed by atoms with Crippen LogP contribution >= 0.6 is 12.2 Å². The van der Waals surface area contributed by atoms with Gasteiger partial charge in [-0.05, 0) is 47.8 Å². The van der Waals surface area contributed by atoms with Gasteiger partial charge in [-0.2, -0.15) is 0 Å². The SMILES string of the molecule is CC(C)c1ccc(NC(=S)NC(=O)CCc2ccccc2)cc1. The van der Waals surface area contributed by atoms with Crippen LogP contribution < -0.4 is 10.6 Å². The zero-order chi connectivity index (χ0) is 16.7. The number of carbonyl (C=O) groups is 1. The Labute approximate surface area is 143 Å². The van der Waals surface area contributed by atoms with Gasteiger partial charge < -0.3 is 10.6 Å². The maximum Gasteiger partial charge on any atom is 0.226 e. The van der Waals surface area contributed by atoms with Crippen molar-refractivity contribution in [3.05, 3.63) is 65.7 Å². The maximum absolute atomic E-state index is 11.9. The monoisotopic (exact) mass is 326 g/mol. The molecule has 120 valence electrons. The van der Waals surface area contributed by atoms with Gasteiger partial charge in [0.1, 0.15) is 0 Å². The van der Waals surface area contributed by atoms with Crippen LogP contribution in [0.1, 0.15) is 37.3 Å². The van der Waals surface area contributed by atoms with E-state index >= 15 is 0 Å². The molecule has 1 amide bonds. The smallest absolute Gasteiger partial charge is 0.226 e. The quantitative estimate of drug-likeness (QED) is 0.807. The molecule has 0 atom stereocenters. The summed E-state index contributed by atoms with van der Waals surface area (Å²) in [7, 11) is 0. The first kappa shape index (κ1) is 17.2. The number of rotatable bonds is 5. The van der Waals surface area contributed by atoms with Crippen LogP contribution in [0, 0.1) is 0 Å². The van der Waals surface area contributed by atoms with Gasteiger partial charge in [-0.25, -0.2) is 0 Å². The Morgan fingerprint density at radius 2 is 1.70 bits per heavy atom. The van der Waals surface area contributed by atoms with Gasteiger partial charge in [0.25, 0.3) is 0 Å². The van der Waals surface area contributed by atoms with Crippen LogP contribution in [-0.2, 0) is 11.2 Å². The average molecular weight is 326 g/mol. The zero-order valence-corrected chi connectivity index (χ0v) is 14.3. The van der Waals surface area contributed by atoms with Crippen molar-refractivity contribution in [2.45, 2.75) is 32.6 Å². The van der Waals surface area contributed by atoms with Crippen molar-refractivity contribution >= 4 is 28.9 Å². The highest BCUT2D eigenvalue weighted by molar-refractivity contribution is 7.80. The first-order valence-corrected chi connectivity index (χ1v) is 8.20. The number of hydrogen-bond acceptors (Lipinski definition) is 2. The van der Waals surface area contributed by atoms with Crippen LogP contribution in [0.2, 0.25) is 0 Å². The Hall–Kier alpha value is -2.20. The van der Waals surface area contributed by atoms with Crippen LogP contribution in [0.4, 0.5) is 5.69 Å². The standard InChI is InChI=1S/C19H22N2OS/c1-14(2)16-9-11-17(12-10-16)20-19(23)21-18(22)13-8-15-6-4-3-5-7-15/h3-7,9-12,14H,8,13H2,1-2H3,(H2,20,21,22,23). The van der Waals surface area contributed by atoms with Gasteiger partial charge in [-0.3, -0.25) is 4.79 Å². The van der Waals surface area contributed by atoms with E-state index in [1.165, 1.54) is 5.56 Å². The molecule has 0 radical (unpaired) electrons. The van der Waals surface area contributed by atoms with Crippen molar-refractivity contribution in [1.29, 1.82) is 0 Å². The van der Waals surface area contributed by atoms with Gasteiger partial charge in [0.2, 0.25) is 5.91 Å². The highest BCUT2D eigenvalue weighted by atomic mass is 32.1. The summed E-state index contributed by atoms with van der Waals surface area (Å²) in [6.45, 7) is 4.31. The van der Waals surface area contributed by atoms with Crippen LogP contribution in [0.15, 0.2) is 54.6 Å². The van der Waals surface area contributed by atoms with E-state index in [4.69, 9.17) is 12.2 Å². The van der Waals surface area contributed by atoms with Gasteiger partial charge in [-0.15, -0.1) is 0 Å². The Kier molecular flexibility index (Phi) is 6.29. The summed E-state index contributed by atoms with van der Waals surface area (Å²) in [4.78, 5) is 11.9. The third-order valence-corrected chi connectivity index (χ3v) is 3.78. The minimum absolute atomic E-state index is 0.0786. The summed E-state index contributed by atoms with van der Waals surface area (Å²) in [5.74, 6) is 0.416. The van der Waals surface area contributed by atoms with E-state index in [0.717, 1.165) is 11.3 Å². The molecule has 3 nitrogen and oxygen atoms in total. The number of anilines is 1. The minimum Gasteiger partial charge on any atom is -0.332 e. The molecule has 0 unspecified atom stereocenters. The summed E-state index contributed by atoms with van der Waals surface area (Å²) in [5.41, 5.74) is 3.29. The summed E-state index contributed by atoms with van der Waals surface area (Å²) < 4.78 is 0. The van der Waals surface area contributed by atoms with Crippen molar-refractivity contribution in [1.82, 2.24) is 5.32 Å². The van der Waals surface area contributed by atoms with Crippen molar-refractivity contribution in [3.63, 3.8) is 0 Å². The molecular formula is C19H22N2OS. The van der Waals surface area contributed by atoms with E-state index in [0.29, 0.717) is 23.9 Å². The summed E-state index contributed by atoms with van der Waals surface area (Å²) in [6, 6.07) is 18.0. The largest absolute Gasteiger partial charge is 0.332 e. The minimum atomic E-state index is -0.0786. The molecular weight excluding hydrogens is 304 g/mol. The van der Waals surface area contributed by atoms with Crippen molar-refractivity contribution < 1.29 is 4.79 Å². The lowest BCUT2D eigenvalue weighted by Crippen LogP contribution is -2.34. The van der Waals surface area contributed by atoms with E-state index in [-0.39, 0.29) is 5.91 Å². The fourth-order valence-corrected chi connectivity index (χ4v) is 2.44. The van der Waals surface area contributed by atoms with E-state index in [9.17, 15) is 4.79 Å². The van der Waals surface area contributed by atoms with Crippen molar-refractivity contribution in [3.8, 4) is 0 Å². The molecule has 0 bridgehead atoms. The first-order valence-electron chi connectivity index (χ1n) is 7.79. The zero-order valence-electron chi connectivity index (χ0n) is 13.5. The van der Waals surface area contributed by atoms with Gasteiger partial charge in [0.05, 0.1) is 0 Å². The molecule has 2 N–H and O–H groups in total. The molecule has 23 heavy (non-hydrogen) atoms. The van der Waals surface area contributed by atoms with Crippen LogP contribution in [0.3, 0.4) is 0 Å². The number of hydrogen-bond donors (Lipinski definition) is 2. The molecule has 2 rings (SSSR count). The third-order valence-electron chi connectivity index (χ3n) is 3.57. The lowest BCUT2D eigenvalue weighted by atomic mass is 10.0. The molecule has 2 aromatic carbocycles. The Balaban J connectivity index is 1.78. The topological polar surface area (TPSA) is 41.1 Å². The first-order chi connectivity index (χ1) is 11.0. The number of nitrogens with one attached hydrogen (secondary N) is 2. The average Bonchev–Trinajstić information content (AvgIpc) is 2.54. The number of thiocarbonyl (C=S) groups is 1. The molecule has 0 aliphatic carbocycles. The molecule has 0 aliphatic rings. The Morgan fingerprint density at radius 3 is 2.30 bits per heavy atom. The van der Waals surface area contributed by atoms with Gasteiger partial charge >= 0.3 is 0 Å². The normalized spacial score (nSPS) is 10.4. The summed E-state index contributed by atoms with van der Waals surface area (Å²) >= 11 is 5.18. The molecule has 0 saturated heterocycles. The molecule has 0 saturated carbocycles. The Bertz CT molecular complexity index is 651. The molecule has 0 fully saturated rings. The highest BCUT2D eigenvalue weighted by Crippen LogP contribution is 2.17. The molecule has 2 aromatic rings. The van der Waals surface area contributed by atoms with Gasteiger partial charge in [0.15, 0.2) is 5.11 Å². The van der Waals surface area contributed by atoms with Crippen LogP contribution in [0.25, 0.3) is 0 Å². The van der Waals surface area contributed by atoms with E-state index in [1.807, 2.05) is 42.5 Å². The Morgan fingerprint density at radius 1 is 1.04 bits per heavy atom. The second kappa shape index (κ2) is 8.44. The lowest BCUT2D eigenvalue weighted by molar-refractivity contribution is -0.119. The summed E-state index contributed by atoms with van der Waals surface area (Å²) in [5, 5.41) is 6.09. The number of benzene rings is 2. The lowest BCUT2D eigenvalue weighted by Gasteiger charge is -2.11. The number of aryl methyl sites for hydroxylation is 1. The van der Waals surface area contributed by atoms with Crippen LogP contribution in [0.5, 0.6) is 0 Å². The fourth-order valence-electron chi connectivity index (χ4n) is 2.21. The highest BCUT2D eigenvalue weighted by Gasteiger charge is 2.06. The number of amides is 1. The fraction of sp³-hybridized carbons (Fsp3) is 0.263. The van der Waals surface area contributed by atoms with E-state index in [2.05, 4.69) is 36.6 Å². The summed E-state index contributed by atoms with van der Waals surface area (Å²) in [6.07, 6.45) is 1.12. The molecule has 0 spiro atoms. The van der Waals surface area contributed by atoms with Crippen LogP contribution in [-0.4, -0.2) is 11.0 Å². The van der Waals surface area contributed by atoms with E-state index in [1.54, 1.807) is 0 Å². The van der Waals surface area contributed by atoms with Crippen molar-refractivity contribution in [2.24, 2.45) is 0 Å². The van der Waals surface area contributed by atoms with E-state index < -0.39 is 0 Å². The number of carbonyl (C=O) groups excluding carboxylic acids is 1. The molecule has 0 aliphatic heterocycles. The molecule has 0 heterocycles. The van der Waals surface area contributed by atoms with Gasteiger partial charge in [-0.1, -0.05) is 56.3 Å². The molecule has 0 aromatic heterocycles. The molecule has 4 heteroatoms. The predicted octanol–water partition coefficient (Wildman–Crippen LogP) is 4.26. The maximum atomic E-state index is 11.9. The third kappa shape index (κ3) is 5.83. The predicted molar refractivity (Wildman–Crippen MR) is 99.7 cm³/mol. The second-order valence-corrected chi connectivity index (χ2v) is 6.17. The second-order valence-electron chi connectivity index (χ2n) is 5.76. The van der Waals surface area contributed by atoms with Gasteiger partial charge in [0, 0.05) is 12.1 Å².